The van der Waals surface area contributed by atoms with Gasteiger partial charge in [-0.2, -0.15) is 0 Å². The number of carbonyl (C=O) groups excluding carboxylic acids is 1. The van der Waals surface area contributed by atoms with Gasteiger partial charge >= 0.3 is 0 Å². The number of carbonyl (C=O) groups is 1. The predicted octanol–water partition coefficient (Wildman–Crippen LogP) is 1.46. The molecule has 7 heteroatoms. The van der Waals surface area contributed by atoms with Gasteiger partial charge in [0.2, 0.25) is 10.0 Å². The normalized spacial score (nSPS) is 24.8. The molecule has 0 amide bonds. The summed E-state index contributed by atoms with van der Waals surface area (Å²) in [6.07, 6.45) is 1.14. The van der Waals surface area contributed by atoms with Crippen molar-refractivity contribution < 1.29 is 22.7 Å². The van der Waals surface area contributed by atoms with Crippen LogP contribution in [0.3, 0.4) is 0 Å². The van der Waals surface area contributed by atoms with Crippen LogP contribution in [0.2, 0.25) is 0 Å². The van der Waals surface area contributed by atoms with Crippen molar-refractivity contribution in [2.24, 2.45) is 0 Å². The van der Waals surface area contributed by atoms with Crippen molar-refractivity contribution in [1.29, 1.82) is 0 Å². The quantitative estimate of drug-likeness (QED) is 0.800. The highest BCUT2D eigenvalue weighted by Gasteiger charge is 2.38. The average molecular weight is 327 g/mol. The monoisotopic (exact) mass is 327 g/mol. The maximum Gasteiger partial charge on any atom is 0.240 e. The van der Waals surface area contributed by atoms with Crippen molar-refractivity contribution in [3.63, 3.8) is 0 Å². The van der Waals surface area contributed by atoms with E-state index in [-0.39, 0.29) is 11.5 Å². The minimum atomic E-state index is -3.65. The second-order valence-corrected chi connectivity index (χ2v) is 7.37. The third-order valence-corrected chi connectivity index (χ3v) is 4.93. The highest BCUT2D eigenvalue weighted by Crippen LogP contribution is 2.26. The molecule has 1 aromatic rings. The molecule has 1 fully saturated rings. The number of ether oxygens (including phenoxy) is 2. The molecule has 0 bridgehead atoms. The van der Waals surface area contributed by atoms with Gasteiger partial charge in [-0.1, -0.05) is 18.2 Å². The first-order valence-electron chi connectivity index (χ1n) is 7.17. The van der Waals surface area contributed by atoms with Crippen molar-refractivity contribution in [3.05, 3.63) is 30.3 Å². The molecule has 1 aromatic carbocycles. The van der Waals surface area contributed by atoms with E-state index >= 15 is 0 Å². The number of hydrogen-bond donors (Lipinski definition) is 1. The Morgan fingerprint density at radius 2 is 2.00 bits per heavy atom. The summed E-state index contributed by atoms with van der Waals surface area (Å²) in [5, 5.41) is 0. The van der Waals surface area contributed by atoms with Crippen LogP contribution in [0.1, 0.15) is 26.7 Å². The first kappa shape index (κ1) is 17.1. The van der Waals surface area contributed by atoms with E-state index in [1.807, 2.05) is 0 Å². The Morgan fingerprint density at radius 3 is 2.64 bits per heavy atom. The lowest BCUT2D eigenvalue weighted by Crippen LogP contribution is -2.55. The van der Waals surface area contributed by atoms with E-state index in [0.717, 1.165) is 6.29 Å². The van der Waals surface area contributed by atoms with Crippen molar-refractivity contribution >= 4 is 16.3 Å². The van der Waals surface area contributed by atoms with Gasteiger partial charge in [-0.05, 0) is 32.4 Å². The van der Waals surface area contributed by atoms with Crippen molar-refractivity contribution in [1.82, 2.24) is 4.72 Å². The Morgan fingerprint density at radius 1 is 1.32 bits per heavy atom. The summed E-state index contributed by atoms with van der Waals surface area (Å²) >= 11 is 0. The number of benzene rings is 1. The second-order valence-electron chi connectivity index (χ2n) is 5.65. The van der Waals surface area contributed by atoms with E-state index in [1.54, 1.807) is 32.0 Å². The average Bonchev–Trinajstić information content (AvgIpc) is 2.48. The Kier molecular flexibility index (Phi) is 5.33. The van der Waals surface area contributed by atoms with Crippen LogP contribution in [0.5, 0.6) is 0 Å². The molecule has 1 saturated heterocycles. The van der Waals surface area contributed by atoms with Gasteiger partial charge in [-0.25, -0.2) is 13.1 Å². The van der Waals surface area contributed by atoms with Gasteiger partial charge in [-0.3, -0.25) is 0 Å². The molecular formula is C15H21NO5S. The third kappa shape index (κ3) is 4.36. The summed E-state index contributed by atoms with van der Waals surface area (Å²) in [4.78, 5) is 10.8. The summed E-state index contributed by atoms with van der Waals surface area (Å²) in [6.45, 7) is 3.73. The largest absolute Gasteiger partial charge is 0.349 e. The molecule has 0 aliphatic carbocycles. The van der Waals surface area contributed by atoms with Gasteiger partial charge in [0.15, 0.2) is 5.79 Å². The molecule has 1 N–H and O–H groups in total. The zero-order valence-electron chi connectivity index (χ0n) is 12.7. The minimum Gasteiger partial charge on any atom is -0.349 e. The van der Waals surface area contributed by atoms with Gasteiger partial charge in [0, 0.05) is 6.42 Å². The fraction of sp³-hybridized carbons (Fsp3) is 0.533. The van der Waals surface area contributed by atoms with Crippen LogP contribution in [-0.2, 0) is 24.3 Å². The molecule has 1 heterocycles. The number of rotatable bonds is 6. The fourth-order valence-corrected chi connectivity index (χ4v) is 3.62. The van der Waals surface area contributed by atoms with Crippen molar-refractivity contribution in [2.45, 2.75) is 49.5 Å². The van der Waals surface area contributed by atoms with Crippen LogP contribution < -0.4 is 4.72 Å². The summed E-state index contributed by atoms with van der Waals surface area (Å²) in [7, 11) is -3.65. The zero-order chi connectivity index (χ0) is 16.2. The Balaban J connectivity index is 2.13. The standard InChI is InChI=1S/C15H21NO5S/c1-15(2)20-11-13(14(21-15)9-6-10-17)16-22(18,19)12-7-4-3-5-8-12/h3-5,7-8,10,13-14,16H,6,9,11H2,1-2H3/t13-,14-/m1/s1. The molecule has 22 heavy (non-hydrogen) atoms. The maximum absolute atomic E-state index is 12.4. The SMILES string of the molecule is CC1(C)OC[C@@H](NS(=O)(=O)c2ccccc2)[C@@H](CCC=O)O1. The molecule has 2 atom stereocenters. The third-order valence-electron chi connectivity index (χ3n) is 3.42. The van der Waals surface area contributed by atoms with E-state index in [0.29, 0.717) is 12.8 Å². The summed E-state index contributed by atoms with van der Waals surface area (Å²) in [5.74, 6) is -0.789. The van der Waals surface area contributed by atoms with Crippen LogP contribution in [-0.4, -0.2) is 39.2 Å². The van der Waals surface area contributed by atoms with Crippen LogP contribution >= 0.6 is 0 Å². The molecule has 0 unspecified atom stereocenters. The predicted molar refractivity (Wildman–Crippen MR) is 80.8 cm³/mol. The van der Waals surface area contributed by atoms with Gasteiger partial charge in [0.05, 0.1) is 23.6 Å². The number of hydrogen-bond acceptors (Lipinski definition) is 5. The summed E-state index contributed by atoms with van der Waals surface area (Å²) in [5.41, 5.74) is 0. The maximum atomic E-state index is 12.4. The first-order valence-corrected chi connectivity index (χ1v) is 8.65. The Bertz CT molecular complexity index is 600. The smallest absolute Gasteiger partial charge is 0.240 e. The zero-order valence-corrected chi connectivity index (χ0v) is 13.5. The first-order chi connectivity index (χ1) is 10.3. The molecule has 2 rings (SSSR count). The highest BCUT2D eigenvalue weighted by molar-refractivity contribution is 7.89. The van der Waals surface area contributed by atoms with Gasteiger partial charge < -0.3 is 14.3 Å². The van der Waals surface area contributed by atoms with Crippen LogP contribution in [0, 0.1) is 0 Å². The molecule has 0 saturated carbocycles. The highest BCUT2D eigenvalue weighted by atomic mass is 32.2. The Hall–Kier alpha value is -1.28. The fourth-order valence-electron chi connectivity index (χ4n) is 2.35. The molecule has 0 aromatic heterocycles. The minimum absolute atomic E-state index is 0.189. The molecule has 122 valence electrons. The van der Waals surface area contributed by atoms with E-state index in [2.05, 4.69) is 4.72 Å². The topological polar surface area (TPSA) is 81.7 Å². The van der Waals surface area contributed by atoms with E-state index in [9.17, 15) is 13.2 Å². The van der Waals surface area contributed by atoms with E-state index < -0.39 is 28.0 Å². The van der Waals surface area contributed by atoms with E-state index in [1.165, 1.54) is 12.1 Å². The molecule has 0 radical (unpaired) electrons. The second kappa shape index (κ2) is 6.87. The van der Waals surface area contributed by atoms with Crippen LogP contribution in [0.25, 0.3) is 0 Å². The van der Waals surface area contributed by atoms with Gasteiger partial charge in [0.1, 0.15) is 6.29 Å². The number of sulfonamides is 1. The molecular weight excluding hydrogens is 306 g/mol. The van der Waals surface area contributed by atoms with Gasteiger partial charge in [0.25, 0.3) is 0 Å². The lowest BCUT2D eigenvalue weighted by Gasteiger charge is -2.41. The van der Waals surface area contributed by atoms with Crippen LogP contribution in [0.4, 0.5) is 0 Å². The van der Waals surface area contributed by atoms with Gasteiger partial charge in [-0.15, -0.1) is 0 Å². The number of aldehydes is 1. The Labute approximate surface area is 130 Å². The number of nitrogens with one attached hydrogen (secondary N) is 1. The molecule has 6 nitrogen and oxygen atoms in total. The molecule has 1 aliphatic heterocycles. The summed E-state index contributed by atoms with van der Waals surface area (Å²) < 4.78 is 38.7. The summed E-state index contributed by atoms with van der Waals surface area (Å²) in [6, 6.07) is 7.60. The molecule has 0 spiro atoms. The molecule has 1 aliphatic rings. The lowest BCUT2D eigenvalue weighted by molar-refractivity contribution is -0.281. The van der Waals surface area contributed by atoms with Crippen LogP contribution in [0.15, 0.2) is 35.2 Å². The van der Waals surface area contributed by atoms with Crippen molar-refractivity contribution in [3.8, 4) is 0 Å². The lowest BCUT2D eigenvalue weighted by atomic mass is 10.1. The van der Waals surface area contributed by atoms with E-state index in [4.69, 9.17) is 9.47 Å². The van der Waals surface area contributed by atoms with Crippen molar-refractivity contribution in [2.75, 3.05) is 6.61 Å².